The molecule has 2 heterocycles. The topological polar surface area (TPSA) is 75.5 Å². The SMILES string of the molecule is Cn1ccnc1N1CCN(C(=O)CCS(=O)(=O)c2ccc3cc(Cl)ccc3c2)CC1. The number of hydrogen-bond donors (Lipinski definition) is 0. The van der Waals surface area contributed by atoms with Gasteiger partial charge in [-0.25, -0.2) is 13.4 Å². The molecule has 158 valence electrons. The van der Waals surface area contributed by atoms with E-state index >= 15 is 0 Å². The fourth-order valence-electron chi connectivity index (χ4n) is 3.70. The Hall–Kier alpha value is -2.58. The van der Waals surface area contributed by atoms with Crippen LogP contribution in [0.1, 0.15) is 6.42 Å². The Kier molecular flexibility index (Phi) is 5.71. The van der Waals surface area contributed by atoms with Gasteiger partial charge in [0.15, 0.2) is 9.84 Å². The number of sulfone groups is 1. The fraction of sp³-hybridized carbons (Fsp3) is 0.333. The Balaban J connectivity index is 1.36. The molecule has 7 nitrogen and oxygen atoms in total. The van der Waals surface area contributed by atoms with Crippen molar-refractivity contribution < 1.29 is 13.2 Å². The maximum Gasteiger partial charge on any atom is 0.223 e. The molecule has 0 radical (unpaired) electrons. The average molecular weight is 447 g/mol. The van der Waals surface area contributed by atoms with Gasteiger partial charge < -0.3 is 14.4 Å². The molecule has 3 aromatic rings. The van der Waals surface area contributed by atoms with Crippen LogP contribution in [-0.4, -0.2) is 60.7 Å². The van der Waals surface area contributed by atoms with E-state index in [1.807, 2.05) is 17.8 Å². The Labute approximate surface area is 180 Å². The van der Waals surface area contributed by atoms with Crippen molar-refractivity contribution in [1.82, 2.24) is 14.5 Å². The minimum Gasteiger partial charge on any atom is -0.339 e. The van der Waals surface area contributed by atoms with Crippen molar-refractivity contribution in [2.45, 2.75) is 11.3 Å². The standard InChI is InChI=1S/C21H23ClN4O3S/c1-24-8-7-23-21(24)26-11-9-25(10-12-26)20(27)6-13-30(28,29)19-5-3-16-14-18(22)4-2-17(16)15-19/h2-5,7-8,14-15H,6,9-13H2,1H3. The van der Waals surface area contributed by atoms with E-state index in [1.165, 1.54) is 0 Å². The third-order valence-electron chi connectivity index (χ3n) is 5.43. The quantitative estimate of drug-likeness (QED) is 0.602. The monoisotopic (exact) mass is 446 g/mol. The van der Waals surface area contributed by atoms with Crippen molar-refractivity contribution in [3.63, 3.8) is 0 Å². The van der Waals surface area contributed by atoms with E-state index in [4.69, 9.17) is 11.6 Å². The lowest BCUT2D eigenvalue weighted by molar-refractivity contribution is -0.131. The van der Waals surface area contributed by atoms with Crippen molar-refractivity contribution >= 4 is 44.1 Å². The number of benzene rings is 2. The number of halogens is 1. The highest BCUT2D eigenvalue weighted by atomic mass is 35.5. The number of imidazole rings is 1. The zero-order valence-electron chi connectivity index (χ0n) is 16.7. The zero-order chi connectivity index (χ0) is 21.3. The maximum absolute atomic E-state index is 12.8. The van der Waals surface area contributed by atoms with Gasteiger partial charge >= 0.3 is 0 Å². The second-order valence-corrected chi connectivity index (χ2v) is 9.97. The smallest absolute Gasteiger partial charge is 0.223 e. The van der Waals surface area contributed by atoms with E-state index in [9.17, 15) is 13.2 Å². The predicted octanol–water partition coefficient (Wildman–Crippen LogP) is 2.74. The highest BCUT2D eigenvalue weighted by Gasteiger charge is 2.25. The number of carbonyl (C=O) groups is 1. The van der Waals surface area contributed by atoms with Gasteiger partial charge in [0.05, 0.1) is 10.6 Å². The van der Waals surface area contributed by atoms with Crippen LogP contribution in [0.2, 0.25) is 5.02 Å². The largest absolute Gasteiger partial charge is 0.339 e. The number of carbonyl (C=O) groups excluding carboxylic acids is 1. The van der Waals surface area contributed by atoms with E-state index in [1.54, 1.807) is 47.5 Å². The third kappa shape index (κ3) is 4.29. The molecule has 1 aromatic heterocycles. The van der Waals surface area contributed by atoms with Crippen molar-refractivity contribution in [3.05, 3.63) is 53.8 Å². The van der Waals surface area contributed by atoms with Crippen LogP contribution in [0, 0.1) is 0 Å². The van der Waals surface area contributed by atoms with Gasteiger partial charge in [0.2, 0.25) is 11.9 Å². The molecule has 1 aliphatic heterocycles. The summed E-state index contributed by atoms with van der Waals surface area (Å²) in [5.74, 6) is 0.540. The predicted molar refractivity (Wildman–Crippen MR) is 118 cm³/mol. The van der Waals surface area contributed by atoms with Crippen LogP contribution in [0.4, 0.5) is 5.95 Å². The van der Waals surface area contributed by atoms with E-state index < -0.39 is 9.84 Å². The van der Waals surface area contributed by atoms with Crippen LogP contribution in [0.25, 0.3) is 10.8 Å². The van der Waals surface area contributed by atoms with Crippen LogP contribution in [0.5, 0.6) is 0 Å². The highest BCUT2D eigenvalue weighted by Crippen LogP contribution is 2.23. The number of aromatic nitrogens is 2. The van der Waals surface area contributed by atoms with E-state index in [-0.39, 0.29) is 23.0 Å². The van der Waals surface area contributed by atoms with Crippen molar-refractivity contribution in [2.75, 3.05) is 36.8 Å². The number of aryl methyl sites for hydroxylation is 1. The first-order chi connectivity index (χ1) is 14.3. The molecule has 1 amide bonds. The minimum atomic E-state index is -3.55. The normalized spacial score (nSPS) is 15.0. The van der Waals surface area contributed by atoms with Gasteiger partial charge in [0.1, 0.15) is 0 Å². The van der Waals surface area contributed by atoms with Gasteiger partial charge in [-0.15, -0.1) is 0 Å². The second-order valence-electron chi connectivity index (χ2n) is 7.43. The Morgan fingerprint density at radius 2 is 1.77 bits per heavy atom. The number of fused-ring (bicyclic) bond motifs is 1. The second kappa shape index (κ2) is 8.28. The molecule has 0 atom stereocenters. The number of nitrogens with zero attached hydrogens (tertiary/aromatic N) is 4. The van der Waals surface area contributed by atoms with Gasteiger partial charge in [-0.3, -0.25) is 4.79 Å². The molecule has 2 aromatic carbocycles. The molecule has 0 spiro atoms. The Bertz CT molecular complexity index is 1180. The van der Waals surface area contributed by atoms with Gasteiger partial charge in [-0.1, -0.05) is 23.7 Å². The number of piperazine rings is 1. The van der Waals surface area contributed by atoms with Crippen LogP contribution >= 0.6 is 11.6 Å². The number of anilines is 1. The van der Waals surface area contributed by atoms with Crippen LogP contribution < -0.4 is 4.90 Å². The zero-order valence-corrected chi connectivity index (χ0v) is 18.2. The van der Waals surface area contributed by atoms with Gasteiger partial charge in [-0.05, 0) is 35.0 Å². The van der Waals surface area contributed by atoms with Crippen molar-refractivity contribution in [3.8, 4) is 0 Å². The van der Waals surface area contributed by atoms with Crippen LogP contribution in [0.15, 0.2) is 53.7 Å². The molecule has 30 heavy (non-hydrogen) atoms. The van der Waals surface area contributed by atoms with E-state index in [0.29, 0.717) is 31.2 Å². The number of rotatable bonds is 5. The molecule has 1 fully saturated rings. The first-order valence-corrected chi connectivity index (χ1v) is 11.8. The first kappa shape index (κ1) is 20.7. The summed E-state index contributed by atoms with van der Waals surface area (Å²) in [7, 11) is -1.62. The number of hydrogen-bond acceptors (Lipinski definition) is 5. The fourth-order valence-corrected chi connectivity index (χ4v) is 5.15. The van der Waals surface area contributed by atoms with E-state index in [2.05, 4.69) is 9.88 Å². The molecular formula is C21H23ClN4O3S. The average Bonchev–Trinajstić information content (AvgIpc) is 3.17. The lowest BCUT2D eigenvalue weighted by Gasteiger charge is -2.35. The van der Waals surface area contributed by atoms with Crippen molar-refractivity contribution in [1.29, 1.82) is 0 Å². The molecule has 1 saturated heterocycles. The summed E-state index contributed by atoms with van der Waals surface area (Å²) < 4.78 is 27.5. The van der Waals surface area contributed by atoms with Gasteiger partial charge in [-0.2, -0.15) is 0 Å². The first-order valence-electron chi connectivity index (χ1n) is 9.76. The summed E-state index contributed by atoms with van der Waals surface area (Å²) in [6.45, 7) is 2.47. The summed E-state index contributed by atoms with van der Waals surface area (Å²) in [6, 6.07) is 10.3. The summed E-state index contributed by atoms with van der Waals surface area (Å²) in [5.41, 5.74) is 0. The lowest BCUT2D eigenvalue weighted by atomic mass is 10.1. The molecule has 0 aliphatic carbocycles. The van der Waals surface area contributed by atoms with E-state index in [0.717, 1.165) is 16.7 Å². The molecular weight excluding hydrogens is 424 g/mol. The van der Waals surface area contributed by atoms with Crippen molar-refractivity contribution in [2.24, 2.45) is 7.05 Å². The van der Waals surface area contributed by atoms with Gasteiger partial charge in [0.25, 0.3) is 0 Å². The Morgan fingerprint density at radius 1 is 1.07 bits per heavy atom. The number of amides is 1. The summed E-state index contributed by atoms with van der Waals surface area (Å²) >= 11 is 5.98. The van der Waals surface area contributed by atoms with Crippen LogP contribution in [-0.2, 0) is 21.7 Å². The third-order valence-corrected chi connectivity index (χ3v) is 7.38. The minimum absolute atomic E-state index is 0.0244. The molecule has 0 saturated carbocycles. The highest BCUT2D eigenvalue weighted by molar-refractivity contribution is 7.91. The lowest BCUT2D eigenvalue weighted by Crippen LogP contribution is -2.49. The molecule has 4 rings (SSSR count). The summed E-state index contributed by atoms with van der Waals surface area (Å²) in [4.78, 5) is 21.0. The summed E-state index contributed by atoms with van der Waals surface area (Å²) in [6.07, 6.45) is 3.61. The van der Waals surface area contributed by atoms with Gasteiger partial charge in [0, 0.05) is 57.1 Å². The maximum atomic E-state index is 12.8. The Morgan fingerprint density at radius 3 is 2.47 bits per heavy atom. The molecule has 0 N–H and O–H groups in total. The molecule has 1 aliphatic rings. The molecule has 0 unspecified atom stereocenters. The van der Waals surface area contributed by atoms with Crippen LogP contribution in [0.3, 0.4) is 0 Å². The summed E-state index contributed by atoms with van der Waals surface area (Å²) in [5, 5.41) is 2.28. The molecule has 0 bridgehead atoms. The molecule has 9 heteroatoms.